The quantitative estimate of drug-likeness (QED) is 0.199. The molecular weight excluding hydrogens is 516 g/mol. The van der Waals surface area contributed by atoms with Gasteiger partial charge in [-0.05, 0) is 59.0 Å². The normalized spacial score (nSPS) is 15.0. The zero-order valence-electron chi connectivity index (χ0n) is 23.6. The van der Waals surface area contributed by atoms with E-state index in [4.69, 9.17) is 4.74 Å². The zero-order valence-corrected chi connectivity index (χ0v) is 23.6. The maximum atomic E-state index is 11.6. The van der Waals surface area contributed by atoms with Crippen molar-refractivity contribution >= 4 is 5.97 Å². The molecule has 1 aliphatic heterocycles. The average molecular weight is 555 g/mol. The van der Waals surface area contributed by atoms with Crippen LogP contribution in [0, 0.1) is 0 Å². The Bertz CT molecular complexity index is 1380. The molecular formula is C32H38N6O3. The van der Waals surface area contributed by atoms with Crippen LogP contribution in [0.3, 0.4) is 0 Å². The first kappa shape index (κ1) is 28.4. The van der Waals surface area contributed by atoms with Gasteiger partial charge in [-0.2, -0.15) is 0 Å². The van der Waals surface area contributed by atoms with E-state index in [9.17, 15) is 9.90 Å². The molecule has 9 heteroatoms. The van der Waals surface area contributed by atoms with Crippen molar-refractivity contribution in [2.24, 2.45) is 0 Å². The molecule has 1 atom stereocenters. The number of aryl methyl sites for hydroxylation is 1. The minimum atomic E-state index is -0.168. The van der Waals surface area contributed by atoms with Crippen molar-refractivity contribution < 1.29 is 14.6 Å². The Kier molecular flexibility index (Phi) is 9.72. The van der Waals surface area contributed by atoms with E-state index in [1.807, 2.05) is 19.1 Å². The summed E-state index contributed by atoms with van der Waals surface area (Å²) >= 11 is 0. The number of phenolic OH excluding ortho intramolecular Hbond substituents is 1. The number of esters is 1. The van der Waals surface area contributed by atoms with Crippen LogP contribution < -0.4 is 0 Å². The highest BCUT2D eigenvalue weighted by Crippen LogP contribution is 2.32. The first-order valence-electron chi connectivity index (χ1n) is 14.4. The Morgan fingerprint density at radius 2 is 1.71 bits per heavy atom. The van der Waals surface area contributed by atoms with Gasteiger partial charge in [0.05, 0.1) is 12.6 Å². The highest BCUT2D eigenvalue weighted by Gasteiger charge is 2.27. The standard InChI is InChI=1S/C32H38N6O3/c1-2-41-30(40)13-6-7-18-38-32(33-34-35-38)27-16-14-26(15-17-27)31(28-11-8-12-29(39)23-28)37-21-19-36(20-22-37)24-25-9-4-3-5-10-25/h3-5,8-12,14-17,23,31,39H,2,6-7,13,18-22,24H2,1H3/t31-/m1/s1. The van der Waals surface area contributed by atoms with Gasteiger partial charge in [-0.3, -0.25) is 14.6 Å². The Hall–Kier alpha value is -4.08. The number of hydrogen-bond acceptors (Lipinski definition) is 8. The molecule has 1 saturated heterocycles. The summed E-state index contributed by atoms with van der Waals surface area (Å²) in [5, 5.41) is 22.6. The first-order valence-corrected chi connectivity index (χ1v) is 14.4. The van der Waals surface area contributed by atoms with Crippen LogP contribution in [0.4, 0.5) is 0 Å². The Balaban J connectivity index is 1.28. The van der Waals surface area contributed by atoms with E-state index in [0.29, 0.717) is 25.4 Å². The fraction of sp³-hybridized carbons (Fsp3) is 0.375. The maximum absolute atomic E-state index is 11.6. The molecule has 41 heavy (non-hydrogen) atoms. The molecule has 0 bridgehead atoms. The number of aromatic nitrogens is 4. The SMILES string of the molecule is CCOC(=O)CCCCn1nnnc1-c1ccc([C@H](c2cccc(O)c2)N2CCN(Cc3ccccc3)CC2)cc1. The van der Waals surface area contributed by atoms with Crippen molar-refractivity contribution in [2.45, 2.75) is 45.3 Å². The number of aromatic hydroxyl groups is 1. The minimum Gasteiger partial charge on any atom is -0.508 e. The summed E-state index contributed by atoms with van der Waals surface area (Å²) in [5.41, 5.74) is 4.50. The van der Waals surface area contributed by atoms with E-state index in [2.05, 4.69) is 86.0 Å². The summed E-state index contributed by atoms with van der Waals surface area (Å²) in [7, 11) is 0. The molecule has 214 valence electrons. The number of piperazine rings is 1. The second-order valence-electron chi connectivity index (χ2n) is 10.4. The first-order chi connectivity index (χ1) is 20.1. The van der Waals surface area contributed by atoms with Crippen LogP contribution in [-0.4, -0.2) is 73.9 Å². The second-order valence-corrected chi connectivity index (χ2v) is 10.4. The number of carbonyl (C=O) groups is 1. The van der Waals surface area contributed by atoms with Crippen LogP contribution in [0.5, 0.6) is 5.75 Å². The van der Waals surface area contributed by atoms with Gasteiger partial charge in [-0.15, -0.1) is 5.10 Å². The van der Waals surface area contributed by atoms with Gasteiger partial charge in [0.25, 0.3) is 0 Å². The topological polar surface area (TPSA) is 96.6 Å². The summed E-state index contributed by atoms with van der Waals surface area (Å²) in [6.07, 6.45) is 1.91. The van der Waals surface area contributed by atoms with E-state index in [1.54, 1.807) is 10.7 Å². The number of tetrazole rings is 1. The number of rotatable bonds is 12. The highest BCUT2D eigenvalue weighted by molar-refractivity contribution is 5.69. The number of unbranched alkanes of at least 4 members (excludes halogenated alkanes) is 1. The van der Waals surface area contributed by atoms with E-state index in [0.717, 1.165) is 62.3 Å². The van der Waals surface area contributed by atoms with Crippen molar-refractivity contribution in [3.05, 3.63) is 95.6 Å². The molecule has 0 unspecified atom stereocenters. The van der Waals surface area contributed by atoms with Crippen molar-refractivity contribution in [3.63, 3.8) is 0 Å². The number of phenols is 1. The molecule has 1 aliphatic rings. The maximum Gasteiger partial charge on any atom is 0.305 e. The average Bonchev–Trinajstić information content (AvgIpc) is 3.46. The molecule has 2 heterocycles. The van der Waals surface area contributed by atoms with Crippen molar-refractivity contribution in [1.82, 2.24) is 30.0 Å². The van der Waals surface area contributed by atoms with Crippen molar-refractivity contribution in [1.29, 1.82) is 0 Å². The van der Waals surface area contributed by atoms with Crippen molar-refractivity contribution in [2.75, 3.05) is 32.8 Å². The third-order valence-electron chi connectivity index (χ3n) is 7.53. The Labute approximate surface area is 241 Å². The predicted molar refractivity (Wildman–Crippen MR) is 157 cm³/mol. The number of ether oxygens (including phenoxy) is 1. The summed E-state index contributed by atoms with van der Waals surface area (Å²) in [6.45, 7) is 7.62. The monoisotopic (exact) mass is 554 g/mol. The smallest absolute Gasteiger partial charge is 0.305 e. The molecule has 3 aromatic carbocycles. The van der Waals surface area contributed by atoms with E-state index >= 15 is 0 Å². The number of nitrogens with zero attached hydrogens (tertiary/aromatic N) is 6. The molecule has 0 aliphatic carbocycles. The molecule has 0 saturated carbocycles. The van der Waals surface area contributed by atoms with Crippen LogP contribution in [0.25, 0.3) is 11.4 Å². The lowest BCUT2D eigenvalue weighted by atomic mass is 9.95. The van der Waals surface area contributed by atoms with Gasteiger partial charge in [0.1, 0.15) is 5.75 Å². The summed E-state index contributed by atoms with van der Waals surface area (Å²) in [5.74, 6) is 0.809. The predicted octanol–water partition coefficient (Wildman–Crippen LogP) is 4.69. The molecule has 5 rings (SSSR count). The largest absolute Gasteiger partial charge is 0.508 e. The van der Waals surface area contributed by atoms with E-state index in [-0.39, 0.29) is 17.8 Å². The summed E-state index contributed by atoms with van der Waals surface area (Å²) < 4.78 is 6.80. The minimum absolute atomic E-state index is 0.0221. The number of carbonyl (C=O) groups excluding carboxylic acids is 1. The van der Waals surface area contributed by atoms with Gasteiger partial charge in [-0.1, -0.05) is 66.7 Å². The van der Waals surface area contributed by atoms with Crippen LogP contribution in [-0.2, 0) is 22.6 Å². The van der Waals surface area contributed by atoms with Crippen LogP contribution in [0.2, 0.25) is 0 Å². The Morgan fingerprint density at radius 1 is 0.927 bits per heavy atom. The van der Waals surface area contributed by atoms with Crippen LogP contribution in [0.15, 0.2) is 78.9 Å². The zero-order chi connectivity index (χ0) is 28.4. The van der Waals surface area contributed by atoms with Gasteiger partial charge < -0.3 is 9.84 Å². The Morgan fingerprint density at radius 3 is 2.44 bits per heavy atom. The fourth-order valence-corrected chi connectivity index (χ4v) is 5.47. The van der Waals surface area contributed by atoms with Crippen molar-refractivity contribution in [3.8, 4) is 17.1 Å². The molecule has 1 fully saturated rings. The van der Waals surface area contributed by atoms with Gasteiger partial charge in [0, 0.05) is 51.3 Å². The van der Waals surface area contributed by atoms with E-state index < -0.39 is 0 Å². The van der Waals surface area contributed by atoms with Gasteiger partial charge in [0.2, 0.25) is 0 Å². The lowest BCUT2D eigenvalue weighted by molar-refractivity contribution is -0.143. The van der Waals surface area contributed by atoms with Gasteiger partial charge in [0.15, 0.2) is 5.82 Å². The number of hydrogen-bond donors (Lipinski definition) is 1. The molecule has 1 aromatic heterocycles. The summed E-state index contributed by atoms with van der Waals surface area (Å²) in [6, 6.07) is 26.6. The molecule has 9 nitrogen and oxygen atoms in total. The fourth-order valence-electron chi connectivity index (χ4n) is 5.47. The molecule has 1 N–H and O–H groups in total. The molecule has 0 spiro atoms. The summed E-state index contributed by atoms with van der Waals surface area (Å²) in [4.78, 5) is 16.6. The van der Waals surface area contributed by atoms with Gasteiger partial charge in [-0.25, -0.2) is 4.68 Å². The highest BCUT2D eigenvalue weighted by atomic mass is 16.5. The lowest BCUT2D eigenvalue weighted by Crippen LogP contribution is -2.47. The second kappa shape index (κ2) is 14.0. The third kappa shape index (κ3) is 7.56. The van der Waals surface area contributed by atoms with Crippen LogP contribution in [0.1, 0.15) is 48.9 Å². The molecule has 0 amide bonds. The van der Waals surface area contributed by atoms with E-state index in [1.165, 1.54) is 5.56 Å². The third-order valence-corrected chi connectivity index (χ3v) is 7.53. The van der Waals surface area contributed by atoms with Gasteiger partial charge >= 0.3 is 5.97 Å². The number of benzene rings is 3. The van der Waals surface area contributed by atoms with Crippen LogP contribution >= 0.6 is 0 Å². The lowest BCUT2D eigenvalue weighted by Gasteiger charge is -2.40. The molecule has 4 aromatic rings. The molecule has 0 radical (unpaired) electrons.